The minimum absolute atomic E-state index is 0.00127. The van der Waals surface area contributed by atoms with E-state index >= 15 is 0 Å². The second-order valence-electron chi connectivity index (χ2n) is 4.85. The van der Waals surface area contributed by atoms with Gasteiger partial charge in [0.15, 0.2) is 0 Å². The van der Waals surface area contributed by atoms with E-state index in [1.807, 2.05) is 0 Å². The number of carboxylic acid groups (broad SMARTS) is 1. The maximum atomic E-state index is 11.2. The van der Waals surface area contributed by atoms with Crippen molar-refractivity contribution in [2.24, 2.45) is 17.3 Å². The maximum Gasteiger partial charge on any atom is 0.303 e. The summed E-state index contributed by atoms with van der Waals surface area (Å²) >= 11 is 0. The van der Waals surface area contributed by atoms with Gasteiger partial charge in [-0.3, -0.25) is 9.59 Å². The van der Waals surface area contributed by atoms with Gasteiger partial charge in [0.05, 0.1) is 0 Å². The molecule has 80 valence electrons. The number of carbonyl (C=O) groups is 2. The smallest absolute Gasteiger partial charge is 0.303 e. The van der Waals surface area contributed by atoms with Gasteiger partial charge < -0.3 is 5.11 Å². The van der Waals surface area contributed by atoms with E-state index in [-0.39, 0.29) is 23.5 Å². The quantitative estimate of drug-likeness (QED) is 0.752. The average Bonchev–Trinajstić information content (AvgIpc) is 2.00. The summed E-state index contributed by atoms with van der Waals surface area (Å²) < 4.78 is 0. The zero-order chi connectivity index (χ0) is 10.9. The molecule has 0 heterocycles. The molecule has 0 aromatic rings. The van der Waals surface area contributed by atoms with Gasteiger partial charge in [0, 0.05) is 12.3 Å². The number of carboxylic acids is 1. The summed E-state index contributed by atoms with van der Waals surface area (Å²) in [6.07, 6.45) is 1.79. The van der Waals surface area contributed by atoms with Crippen LogP contribution >= 0.6 is 0 Å². The third-order valence-corrected chi connectivity index (χ3v) is 3.67. The number of Topliss-reactive ketones (excluding diaryl/α,β-unsaturated/α-hetero) is 1. The van der Waals surface area contributed by atoms with E-state index in [0.717, 1.165) is 6.42 Å². The molecular formula is C11H18O3. The molecule has 2 atom stereocenters. The van der Waals surface area contributed by atoms with Crippen molar-refractivity contribution in [3.05, 3.63) is 0 Å². The number of hydrogen-bond acceptors (Lipinski definition) is 2. The van der Waals surface area contributed by atoms with E-state index < -0.39 is 5.97 Å². The molecule has 0 spiro atoms. The van der Waals surface area contributed by atoms with E-state index in [2.05, 4.69) is 13.8 Å². The van der Waals surface area contributed by atoms with Gasteiger partial charge in [0.1, 0.15) is 5.78 Å². The fourth-order valence-electron chi connectivity index (χ4n) is 2.49. The van der Waals surface area contributed by atoms with Crippen LogP contribution in [-0.4, -0.2) is 16.9 Å². The molecule has 1 N–H and O–H groups in total. The van der Waals surface area contributed by atoms with Gasteiger partial charge in [-0.15, -0.1) is 0 Å². The maximum absolute atomic E-state index is 11.2. The molecule has 1 fully saturated rings. The molecule has 0 amide bonds. The number of ketones is 1. The normalized spacial score (nSPS) is 29.4. The highest BCUT2D eigenvalue weighted by molar-refractivity contribution is 5.80. The molecular weight excluding hydrogens is 180 g/mol. The van der Waals surface area contributed by atoms with Gasteiger partial charge in [-0.1, -0.05) is 13.8 Å². The van der Waals surface area contributed by atoms with Gasteiger partial charge in [0.2, 0.25) is 0 Å². The highest BCUT2D eigenvalue weighted by Gasteiger charge is 2.49. The molecule has 2 unspecified atom stereocenters. The fourth-order valence-corrected chi connectivity index (χ4v) is 2.49. The average molecular weight is 198 g/mol. The lowest BCUT2D eigenvalue weighted by molar-refractivity contribution is -0.140. The van der Waals surface area contributed by atoms with E-state index in [9.17, 15) is 9.59 Å². The summed E-state index contributed by atoms with van der Waals surface area (Å²) in [5.74, 6) is 0.0300. The second kappa shape index (κ2) is 3.71. The SMILES string of the molecule is CC(=O)C1CC(CCC(=O)O)C1(C)C. The molecule has 14 heavy (non-hydrogen) atoms. The zero-order valence-electron chi connectivity index (χ0n) is 9.04. The van der Waals surface area contributed by atoms with Crippen molar-refractivity contribution < 1.29 is 14.7 Å². The van der Waals surface area contributed by atoms with Crippen LogP contribution in [0.15, 0.2) is 0 Å². The molecule has 1 rings (SSSR count). The van der Waals surface area contributed by atoms with Gasteiger partial charge in [-0.05, 0) is 31.1 Å². The fraction of sp³-hybridized carbons (Fsp3) is 0.818. The molecule has 3 heteroatoms. The Balaban J connectivity index is 2.46. The second-order valence-corrected chi connectivity index (χ2v) is 4.85. The Kier molecular flexibility index (Phi) is 2.98. The van der Waals surface area contributed by atoms with Crippen molar-refractivity contribution >= 4 is 11.8 Å². The van der Waals surface area contributed by atoms with Crippen molar-refractivity contribution in [3.8, 4) is 0 Å². The molecule has 0 aliphatic heterocycles. The summed E-state index contributed by atoms with van der Waals surface area (Å²) in [7, 11) is 0. The van der Waals surface area contributed by atoms with Crippen molar-refractivity contribution in [3.63, 3.8) is 0 Å². The van der Waals surface area contributed by atoms with E-state index in [1.54, 1.807) is 6.92 Å². The Morgan fingerprint density at radius 2 is 2.00 bits per heavy atom. The van der Waals surface area contributed by atoms with Gasteiger partial charge in [-0.25, -0.2) is 0 Å². The highest BCUT2D eigenvalue weighted by atomic mass is 16.4. The monoisotopic (exact) mass is 198 g/mol. The lowest BCUT2D eigenvalue weighted by Crippen LogP contribution is -2.48. The number of rotatable bonds is 4. The Morgan fingerprint density at radius 1 is 1.43 bits per heavy atom. The summed E-state index contributed by atoms with van der Waals surface area (Å²) in [6.45, 7) is 5.75. The van der Waals surface area contributed by atoms with Crippen LogP contribution < -0.4 is 0 Å². The summed E-state index contributed by atoms with van der Waals surface area (Å²) in [6, 6.07) is 0. The van der Waals surface area contributed by atoms with E-state index in [4.69, 9.17) is 5.11 Å². The van der Waals surface area contributed by atoms with Crippen LogP contribution in [0.3, 0.4) is 0 Å². The molecule has 0 saturated heterocycles. The van der Waals surface area contributed by atoms with Crippen molar-refractivity contribution in [2.45, 2.75) is 40.0 Å². The van der Waals surface area contributed by atoms with Crippen LogP contribution in [0.25, 0.3) is 0 Å². The third-order valence-electron chi connectivity index (χ3n) is 3.67. The first-order valence-electron chi connectivity index (χ1n) is 5.08. The van der Waals surface area contributed by atoms with Crippen LogP contribution in [0.4, 0.5) is 0 Å². The molecule has 0 aromatic carbocycles. The van der Waals surface area contributed by atoms with Crippen molar-refractivity contribution in [1.29, 1.82) is 0 Å². The predicted molar refractivity (Wildman–Crippen MR) is 52.9 cm³/mol. The minimum atomic E-state index is -0.743. The Labute approximate surface area is 84.5 Å². The Morgan fingerprint density at radius 3 is 2.36 bits per heavy atom. The van der Waals surface area contributed by atoms with Crippen LogP contribution in [0.1, 0.15) is 40.0 Å². The van der Waals surface area contributed by atoms with Crippen LogP contribution in [-0.2, 0) is 9.59 Å². The largest absolute Gasteiger partial charge is 0.481 e. The number of carbonyl (C=O) groups excluding carboxylic acids is 1. The molecule has 0 bridgehead atoms. The van der Waals surface area contributed by atoms with Crippen molar-refractivity contribution in [1.82, 2.24) is 0 Å². The van der Waals surface area contributed by atoms with Crippen LogP contribution in [0.5, 0.6) is 0 Å². The lowest BCUT2D eigenvalue weighted by Gasteiger charge is -2.51. The molecule has 1 aliphatic rings. The Hall–Kier alpha value is -0.860. The topological polar surface area (TPSA) is 54.4 Å². The molecule has 1 aliphatic carbocycles. The third kappa shape index (κ3) is 1.97. The molecule has 0 aromatic heterocycles. The number of aliphatic carboxylic acids is 1. The highest BCUT2D eigenvalue weighted by Crippen LogP contribution is 2.53. The first-order chi connectivity index (χ1) is 6.35. The molecule has 3 nitrogen and oxygen atoms in total. The molecule has 1 saturated carbocycles. The number of hydrogen-bond donors (Lipinski definition) is 1. The zero-order valence-corrected chi connectivity index (χ0v) is 9.04. The van der Waals surface area contributed by atoms with Gasteiger partial charge in [-0.2, -0.15) is 0 Å². The predicted octanol–water partition coefficient (Wildman–Crippen LogP) is 2.10. The summed E-state index contributed by atoms with van der Waals surface area (Å²) in [5.41, 5.74) is 0.00127. The first-order valence-corrected chi connectivity index (χ1v) is 5.08. The molecule has 0 radical (unpaired) electrons. The van der Waals surface area contributed by atoms with Gasteiger partial charge in [0.25, 0.3) is 0 Å². The standard InChI is InChI=1S/C11H18O3/c1-7(12)9-6-8(11(9,2)3)4-5-10(13)14/h8-9H,4-6H2,1-3H3,(H,13,14). The van der Waals surface area contributed by atoms with E-state index in [0.29, 0.717) is 12.3 Å². The summed E-state index contributed by atoms with van der Waals surface area (Å²) in [4.78, 5) is 21.6. The van der Waals surface area contributed by atoms with Crippen molar-refractivity contribution in [2.75, 3.05) is 0 Å². The first kappa shape index (κ1) is 11.2. The summed E-state index contributed by atoms with van der Waals surface area (Å²) in [5, 5.41) is 8.56. The minimum Gasteiger partial charge on any atom is -0.481 e. The van der Waals surface area contributed by atoms with E-state index in [1.165, 1.54) is 0 Å². The van der Waals surface area contributed by atoms with Crippen LogP contribution in [0, 0.1) is 17.3 Å². The Bertz CT molecular complexity index is 253. The van der Waals surface area contributed by atoms with Gasteiger partial charge >= 0.3 is 5.97 Å². The van der Waals surface area contributed by atoms with Crippen LogP contribution in [0.2, 0.25) is 0 Å². The lowest BCUT2D eigenvalue weighted by atomic mass is 9.52.